The Balaban J connectivity index is 1.99. The van der Waals surface area contributed by atoms with Gasteiger partial charge in [-0.25, -0.2) is 0 Å². The molecule has 0 saturated heterocycles. The largest absolute Gasteiger partial charge is 0.494 e. The van der Waals surface area contributed by atoms with Crippen molar-refractivity contribution < 1.29 is 9.47 Å². The molecule has 18 heavy (non-hydrogen) atoms. The summed E-state index contributed by atoms with van der Waals surface area (Å²) in [5, 5.41) is 4.22. The first-order chi connectivity index (χ1) is 8.69. The van der Waals surface area contributed by atoms with Gasteiger partial charge in [0.1, 0.15) is 29.6 Å². The summed E-state index contributed by atoms with van der Waals surface area (Å²) in [5.41, 5.74) is 6.50. The zero-order valence-corrected chi connectivity index (χ0v) is 10.6. The number of nitrogen functional groups attached to an aromatic ring is 1. The molecule has 0 atom stereocenters. The summed E-state index contributed by atoms with van der Waals surface area (Å²) in [6.07, 6.45) is 0. The van der Waals surface area contributed by atoms with Gasteiger partial charge in [0.05, 0.1) is 6.61 Å². The molecule has 5 heteroatoms. The highest BCUT2D eigenvalue weighted by Gasteiger charge is 2.03. The number of aromatic nitrogens is 2. The van der Waals surface area contributed by atoms with E-state index in [2.05, 4.69) is 5.10 Å². The Morgan fingerprint density at radius 3 is 2.56 bits per heavy atom. The molecule has 0 aliphatic carbocycles. The Kier molecular flexibility index (Phi) is 3.72. The first-order valence-electron chi connectivity index (χ1n) is 5.83. The van der Waals surface area contributed by atoms with Gasteiger partial charge in [0.25, 0.3) is 0 Å². The van der Waals surface area contributed by atoms with E-state index in [9.17, 15) is 0 Å². The second-order valence-corrected chi connectivity index (χ2v) is 3.88. The first kappa shape index (κ1) is 12.3. The van der Waals surface area contributed by atoms with E-state index in [1.54, 1.807) is 17.8 Å². The maximum absolute atomic E-state index is 5.70. The van der Waals surface area contributed by atoms with E-state index in [1.807, 2.05) is 31.2 Å². The van der Waals surface area contributed by atoms with Crippen LogP contribution in [0, 0.1) is 0 Å². The lowest BCUT2D eigenvalue weighted by atomic mass is 10.3. The van der Waals surface area contributed by atoms with E-state index in [-0.39, 0.29) is 0 Å². The van der Waals surface area contributed by atoms with Crippen LogP contribution in [0.1, 0.15) is 12.6 Å². The van der Waals surface area contributed by atoms with E-state index in [0.29, 0.717) is 19.0 Å². The predicted molar refractivity (Wildman–Crippen MR) is 69.6 cm³/mol. The van der Waals surface area contributed by atoms with Crippen molar-refractivity contribution in [2.75, 3.05) is 12.3 Å². The SMILES string of the molecule is CCOc1cccc(OCc2cc(N)n(C)n2)c1. The Morgan fingerprint density at radius 2 is 1.94 bits per heavy atom. The number of nitrogens with zero attached hydrogens (tertiary/aromatic N) is 2. The molecule has 1 heterocycles. The number of ether oxygens (including phenoxy) is 2. The van der Waals surface area contributed by atoms with Gasteiger partial charge in [-0.3, -0.25) is 4.68 Å². The molecule has 96 valence electrons. The molecule has 0 bridgehead atoms. The van der Waals surface area contributed by atoms with Crippen LogP contribution in [0.5, 0.6) is 11.5 Å². The number of aryl methyl sites for hydroxylation is 1. The lowest BCUT2D eigenvalue weighted by molar-refractivity contribution is 0.294. The summed E-state index contributed by atoms with van der Waals surface area (Å²) in [5.74, 6) is 2.18. The molecule has 0 aliphatic heterocycles. The zero-order valence-electron chi connectivity index (χ0n) is 10.6. The number of hydrogen-bond donors (Lipinski definition) is 1. The number of nitrogens with two attached hydrogens (primary N) is 1. The van der Waals surface area contributed by atoms with Gasteiger partial charge < -0.3 is 15.2 Å². The second kappa shape index (κ2) is 5.44. The van der Waals surface area contributed by atoms with Crippen LogP contribution in [0.3, 0.4) is 0 Å². The Bertz CT molecular complexity index is 503. The van der Waals surface area contributed by atoms with Gasteiger partial charge in [0.15, 0.2) is 0 Å². The molecule has 2 aromatic rings. The minimum atomic E-state index is 0.390. The van der Waals surface area contributed by atoms with Crippen molar-refractivity contribution >= 4 is 5.82 Å². The smallest absolute Gasteiger partial charge is 0.132 e. The van der Waals surface area contributed by atoms with Crippen LogP contribution in [0.15, 0.2) is 30.3 Å². The van der Waals surface area contributed by atoms with Crippen molar-refractivity contribution in [2.24, 2.45) is 7.05 Å². The third kappa shape index (κ3) is 2.94. The van der Waals surface area contributed by atoms with Gasteiger partial charge in [0.2, 0.25) is 0 Å². The minimum absolute atomic E-state index is 0.390. The molecule has 0 spiro atoms. The molecule has 0 amide bonds. The normalized spacial score (nSPS) is 10.3. The van der Waals surface area contributed by atoms with Gasteiger partial charge in [-0.2, -0.15) is 5.10 Å². The van der Waals surface area contributed by atoms with Crippen LogP contribution in [0.2, 0.25) is 0 Å². The van der Waals surface area contributed by atoms with E-state index < -0.39 is 0 Å². The van der Waals surface area contributed by atoms with Crippen molar-refractivity contribution in [3.63, 3.8) is 0 Å². The van der Waals surface area contributed by atoms with E-state index in [0.717, 1.165) is 17.2 Å². The highest BCUT2D eigenvalue weighted by molar-refractivity contribution is 5.34. The summed E-state index contributed by atoms with van der Waals surface area (Å²) in [6.45, 7) is 2.98. The zero-order chi connectivity index (χ0) is 13.0. The lowest BCUT2D eigenvalue weighted by Crippen LogP contribution is -1.99. The average molecular weight is 247 g/mol. The van der Waals surface area contributed by atoms with Crippen LogP contribution in [-0.4, -0.2) is 16.4 Å². The number of rotatable bonds is 5. The fourth-order valence-corrected chi connectivity index (χ4v) is 1.59. The van der Waals surface area contributed by atoms with Crippen molar-refractivity contribution in [1.29, 1.82) is 0 Å². The molecule has 0 radical (unpaired) electrons. The summed E-state index contributed by atoms with van der Waals surface area (Å²) in [4.78, 5) is 0. The molecule has 2 rings (SSSR count). The lowest BCUT2D eigenvalue weighted by Gasteiger charge is -2.07. The minimum Gasteiger partial charge on any atom is -0.494 e. The van der Waals surface area contributed by atoms with Gasteiger partial charge in [-0.1, -0.05) is 6.07 Å². The Hall–Kier alpha value is -2.17. The quantitative estimate of drug-likeness (QED) is 0.877. The summed E-state index contributed by atoms with van der Waals surface area (Å²) < 4.78 is 12.7. The third-order valence-corrected chi connectivity index (χ3v) is 2.47. The Labute approximate surface area is 106 Å². The monoisotopic (exact) mass is 247 g/mol. The molecule has 2 N–H and O–H groups in total. The van der Waals surface area contributed by atoms with Gasteiger partial charge in [-0.05, 0) is 19.1 Å². The van der Waals surface area contributed by atoms with Crippen molar-refractivity contribution in [2.45, 2.75) is 13.5 Å². The number of hydrogen-bond acceptors (Lipinski definition) is 4. The first-order valence-corrected chi connectivity index (χ1v) is 5.83. The maximum Gasteiger partial charge on any atom is 0.132 e. The predicted octanol–water partition coefficient (Wildman–Crippen LogP) is 1.98. The van der Waals surface area contributed by atoms with Crippen LogP contribution < -0.4 is 15.2 Å². The molecule has 0 saturated carbocycles. The van der Waals surface area contributed by atoms with Crippen LogP contribution in [-0.2, 0) is 13.7 Å². The van der Waals surface area contributed by atoms with E-state index in [4.69, 9.17) is 15.2 Å². The molecular weight excluding hydrogens is 230 g/mol. The molecule has 0 aliphatic rings. The van der Waals surface area contributed by atoms with Gasteiger partial charge in [0, 0.05) is 19.2 Å². The molecule has 0 fully saturated rings. The second-order valence-electron chi connectivity index (χ2n) is 3.88. The molecule has 0 unspecified atom stereocenters. The van der Waals surface area contributed by atoms with E-state index in [1.165, 1.54) is 0 Å². The van der Waals surface area contributed by atoms with Crippen LogP contribution >= 0.6 is 0 Å². The summed E-state index contributed by atoms with van der Waals surface area (Å²) >= 11 is 0. The number of benzene rings is 1. The fourth-order valence-electron chi connectivity index (χ4n) is 1.59. The van der Waals surface area contributed by atoms with Crippen molar-refractivity contribution in [3.05, 3.63) is 36.0 Å². The standard InChI is InChI=1S/C13H17N3O2/c1-3-17-11-5-4-6-12(8-11)18-9-10-7-13(14)16(2)15-10/h4-8H,3,9,14H2,1-2H3. The Morgan fingerprint density at radius 1 is 1.22 bits per heavy atom. The number of anilines is 1. The van der Waals surface area contributed by atoms with Crippen molar-refractivity contribution in [3.8, 4) is 11.5 Å². The fraction of sp³-hybridized carbons (Fsp3) is 0.308. The highest BCUT2D eigenvalue weighted by Crippen LogP contribution is 2.20. The van der Waals surface area contributed by atoms with Gasteiger partial charge >= 0.3 is 0 Å². The topological polar surface area (TPSA) is 62.3 Å². The van der Waals surface area contributed by atoms with Crippen molar-refractivity contribution in [1.82, 2.24) is 9.78 Å². The van der Waals surface area contributed by atoms with Gasteiger partial charge in [-0.15, -0.1) is 0 Å². The third-order valence-electron chi connectivity index (χ3n) is 2.47. The van der Waals surface area contributed by atoms with Crippen LogP contribution in [0.25, 0.3) is 0 Å². The molecule has 5 nitrogen and oxygen atoms in total. The highest BCUT2D eigenvalue weighted by atomic mass is 16.5. The molecular formula is C13H17N3O2. The molecule has 1 aromatic carbocycles. The average Bonchev–Trinajstić information content (AvgIpc) is 2.67. The summed E-state index contributed by atoms with van der Waals surface area (Å²) in [7, 11) is 1.80. The molecule has 1 aromatic heterocycles. The van der Waals surface area contributed by atoms with Crippen LogP contribution in [0.4, 0.5) is 5.82 Å². The summed E-state index contributed by atoms with van der Waals surface area (Å²) in [6, 6.07) is 9.33. The maximum atomic E-state index is 5.70. The van der Waals surface area contributed by atoms with E-state index >= 15 is 0 Å².